The molecule has 0 spiro atoms. The molecule has 2 aromatic carbocycles. The van der Waals surface area contributed by atoms with Gasteiger partial charge in [0.1, 0.15) is 0 Å². The van der Waals surface area contributed by atoms with Crippen LogP contribution >= 0.6 is 12.4 Å². The average molecular weight is 315 g/mol. The molecule has 3 aromatic rings. The van der Waals surface area contributed by atoms with Crippen LogP contribution in [0.15, 0.2) is 60.8 Å². The van der Waals surface area contributed by atoms with E-state index < -0.39 is 0 Å². The largest absolute Gasteiger partial charge is 0.307 e. The first-order valence-electron chi connectivity index (χ1n) is 7.04. The predicted molar refractivity (Wildman–Crippen MR) is 90.3 cm³/mol. The third kappa shape index (κ3) is 4.16. The lowest BCUT2D eigenvalue weighted by molar-refractivity contribution is 0.662. The van der Waals surface area contributed by atoms with Crippen molar-refractivity contribution in [1.82, 2.24) is 20.3 Å². The van der Waals surface area contributed by atoms with Crippen molar-refractivity contribution in [2.45, 2.75) is 20.0 Å². The van der Waals surface area contributed by atoms with Gasteiger partial charge in [-0.05, 0) is 24.6 Å². The fourth-order valence-corrected chi connectivity index (χ4v) is 2.22. The fourth-order valence-electron chi connectivity index (χ4n) is 2.22. The summed E-state index contributed by atoms with van der Waals surface area (Å²) in [4.78, 5) is 1.66. The van der Waals surface area contributed by atoms with E-state index in [1.165, 1.54) is 11.1 Å². The van der Waals surface area contributed by atoms with Crippen molar-refractivity contribution in [3.63, 3.8) is 0 Å². The molecule has 114 valence electrons. The summed E-state index contributed by atoms with van der Waals surface area (Å²) in [7, 11) is 0. The zero-order valence-electron chi connectivity index (χ0n) is 12.4. The van der Waals surface area contributed by atoms with Gasteiger partial charge in [-0.2, -0.15) is 15.0 Å². The topological polar surface area (TPSA) is 42.7 Å². The van der Waals surface area contributed by atoms with Crippen LogP contribution in [0.4, 0.5) is 0 Å². The van der Waals surface area contributed by atoms with Crippen LogP contribution in [0.2, 0.25) is 0 Å². The number of hydrogen-bond acceptors (Lipinski definition) is 3. The lowest BCUT2D eigenvalue weighted by Crippen LogP contribution is -2.13. The summed E-state index contributed by atoms with van der Waals surface area (Å²) in [6, 6.07) is 18.4. The quantitative estimate of drug-likeness (QED) is 0.786. The molecule has 0 unspecified atom stereocenters. The number of halogens is 1. The number of hydrogen-bond donors (Lipinski definition) is 1. The zero-order valence-corrected chi connectivity index (χ0v) is 13.3. The average Bonchev–Trinajstić information content (AvgIpc) is 2.97. The second kappa shape index (κ2) is 7.73. The molecule has 5 heteroatoms. The molecule has 0 bridgehead atoms. The second-order valence-electron chi connectivity index (χ2n) is 5.05. The molecule has 0 saturated carbocycles. The molecule has 22 heavy (non-hydrogen) atoms. The highest BCUT2D eigenvalue weighted by Gasteiger charge is 2.02. The summed E-state index contributed by atoms with van der Waals surface area (Å²) in [5, 5.41) is 12.2. The molecule has 0 saturated heterocycles. The SMILES string of the molecule is Cc1cccc(CNCc2cnn(-c3ccccc3)n2)c1.Cl. The van der Waals surface area contributed by atoms with Gasteiger partial charge in [0.15, 0.2) is 0 Å². The van der Waals surface area contributed by atoms with Crippen molar-refractivity contribution in [3.8, 4) is 5.69 Å². The first-order valence-corrected chi connectivity index (χ1v) is 7.04. The van der Waals surface area contributed by atoms with Crippen molar-refractivity contribution < 1.29 is 0 Å². The van der Waals surface area contributed by atoms with Crippen LogP contribution in [-0.2, 0) is 13.1 Å². The van der Waals surface area contributed by atoms with Crippen LogP contribution in [0.3, 0.4) is 0 Å². The van der Waals surface area contributed by atoms with Crippen molar-refractivity contribution in [2.75, 3.05) is 0 Å². The van der Waals surface area contributed by atoms with Gasteiger partial charge in [-0.1, -0.05) is 48.0 Å². The first kappa shape index (κ1) is 16.2. The summed E-state index contributed by atoms with van der Waals surface area (Å²) < 4.78 is 0. The Balaban J connectivity index is 0.00000176. The summed E-state index contributed by atoms with van der Waals surface area (Å²) in [6.45, 7) is 3.65. The molecule has 0 aliphatic heterocycles. The summed E-state index contributed by atoms with van der Waals surface area (Å²) in [6.07, 6.45) is 1.80. The number of rotatable bonds is 5. The molecule has 4 nitrogen and oxygen atoms in total. The minimum absolute atomic E-state index is 0. The van der Waals surface area contributed by atoms with Gasteiger partial charge in [-0.25, -0.2) is 0 Å². The van der Waals surface area contributed by atoms with E-state index in [1.807, 2.05) is 30.3 Å². The number of aryl methyl sites for hydroxylation is 1. The Morgan fingerprint density at radius 2 is 1.82 bits per heavy atom. The van der Waals surface area contributed by atoms with Gasteiger partial charge in [0, 0.05) is 13.1 Å². The smallest absolute Gasteiger partial charge is 0.0969 e. The molecule has 0 aliphatic rings. The van der Waals surface area contributed by atoms with E-state index in [0.29, 0.717) is 6.54 Å². The molecule has 1 N–H and O–H groups in total. The third-order valence-corrected chi connectivity index (χ3v) is 3.24. The second-order valence-corrected chi connectivity index (χ2v) is 5.05. The molecule has 0 amide bonds. The van der Waals surface area contributed by atoms with Gasteiger partial charge in [-0.3, -0.25) is 0 Å². The molecule has 0 radical (unpaired) electrons. The monoisotopic (exact) mass is 314 g/mol. The highest BCUT2D eigenvalue weighted by Crippen LogP contribution is 2.05. The minimum Gasteiger partial charge on any atom is -0.307 e. The molecule has 0 aliphatic carbocycles. The van der Waals surface area contributed by atoms with Crippen LogP contribution in [0.5, 0.6) is 0 Å². The third-order valence-electron chi connectivity index (χ3n) is 3.24. The van der Waals surface area contributed by atoms with Crippen LogP contribution in [0, 0.1) is 6.92 Å². The highest BCUT2D eigenvalue weighted by atomic mass is 35.5. The number of para-hydroxylation sites is 1. The highest BCUT2D eigenvalue weighted by molar-refractivity contribution is 5.85. The van der Waals surface area contributed by atoms with Crippen LogP contribution in [0.1, 0.15) is 16.8 Å². The molecular formula is C17H19ClN4. The lowest BCUT2D eigenvalue weighted by atomic mass is 10.1. The standard InChI is InChI=1S/C17H18N4.ClH/c1-14-6-5-7-15(10-14)11-18-12-16-13-19-21(20-16)17-8-3-2-4-9-17;/h2-10,13,18H,11-12H2,1H3;1H. The Kier molecular flexibility index (Phi) is 5.69. The van der Waals surface area contributed by atoms with E-state index in [2.05, 4.69) is 46.7 Å². The van der Waals surface area contributed by atoms with Gasteiger partial charge >= 0.3 is 0 Å². The Labute approximate surface area is 136 Å². The van der Waals surface area contributed by atoms with Crippen LogP contribution in [-0.4, -0.2) is 15.0 Å². The van der Waals surface area contributed by atoms with Crippen LogP contribution < -0.4 is 5.32 Å². The van der Waals surface area contributed by atoms with E-state index in [4.69, 9.17) is 0 Å². The van der Waals surface area contributed by atoms with Gasteiger partial charge < -0.3 is 5.32 Å². The Bertz CT molecular complexity index is 709. The number of benzene rings is 2. The van der Waals surface area contributed by atoms with E-state index in [1.54, 1.807) is 11.0 Å². The number of nitrogens with zero attached hydrogens (tertiary/aromatic N) is 3. The first-order chi connectivity index (χ1) is 10.3. The Morgan fingerprint density at radius 3 is 2.59 bits per heavy atom. The van der Waals surface area contributed by atoms with Crippen molar-refractivity contribution >= 4 is 12.4 Å². The van der Waals surface area contributed by atoms with Gasteiger partial charge in [0.2, 0.25) is 0 Å². The molecule has 3 rings (SSSR count). The van der Waals surface area contributed by atoms with Gasteiger partial charge in [-0.15, -0.1) is 12.4 Å². The van der Waals surface area contributed by atoms with Gasteiger partial charge in [0.05, 0.1) is 17.6 Å². The predicted octanol–water partition coefficient (Wildman–Crippen LogP) is 3.29. The van der Waals surface area contributed by atoms with E-state index in [9.17, 15) is 0 Å². The maximum atomic E-state index is 4.47. The molecule has 0 atom stereocenters. The number of nitrogens with one attached hydrogen (secondary N) is 1. The summed E-state index contributed by atoms with van der Waals surface area (Å²) in [5.74, 6) is 0. The van der Waals surface area contributed by atoms with E-state index >= 15 is 0 Å². The fraction of sp³-hybridized carbons (Fsp3) is 0.176. The van der Waals surface area contributed by atoms with Crippen molar-refractivity contribution in [2.24, 2.45) is 0 Å². The molecule has 0 fully saturated rings. The van der Waals surface area contributed by atoms with Crippen molar-refractivity contribution in [1.29, 1.82) is 0 Å². The van der Waals surface area contributed by atoms with Crippen LogP contribution in [0.25, 0.3) is 5.69 Å². The molecule has 1 aromatic heterocycles. The molecular weight excluding hydrogens is 296 g/mol. The molecule has 1 heterocycles. The lowest BCUT2D eigenvalue weighted by Gasteiger charge is -2.03. The summed E-state index contributed by atoms with van der Waals surface area (Å²) >= 11 is 0. The maximum Gasteiger partial charge on any atom is 0.0969 e. The maximum absolute atomic E-state index is 4.47. The van der Waals surface area contributed by atoms with Gasteiger partial charge in [0.25, 0.3) is 0 Å². The Morgan fingerprint density at radius 1 is 1.00 bits per heavy atom. The Hall–Kier alpha value is -2.17. The summed E-state index contributed by atoms with van der Waals surface area (Å²) in [5.41, 5.74) is 4.48. The normalized spacial score (nSPS) is 10.2. The zero-order chi connectivity index (χ0) is 14.5. The number of aromatic nitrogens is 3. The van der Waals surface area contributed by atoms with Crippen molar-refractivity contribution in [3.05, 3.63) is 77.6 Å². The minimum atomic E-state index is 0. The van der Waals surface area contributed by atoms with E-state index in [-0.39, 0.29) is 12.4 Å². The van der Waals surface area contributed by atoms with E-state index in [0.717, 1.165) is 17.9 Å².